The maximum Gasteiger partial charge on any atom is 0.272 e. The van der Waals surface area contributed by atoms with Crippen molar-refractivity contribution in [3.05, 3.63) is 104 Å². The molecule has 60 heavy (non-hydrogen) atoms. The van der Waals surface area contributed by atoms with Crippen molar-refractivity contribution in [3.63, 3.8) is 0 Å². The average molecular weight is 828 g/mol. The minimum absolute atomic E-state index is 0.0261. The summed E-state index contributed by atoms with van der Waals surface area (Å²) in [6, 6.07) is 16.6. The van der Waals surface area contributed by atoms with Crippen molar-refractivity contribution in [2.75, 3.05) is 25.1 Å². The minimum Gasteiger partial charge on any atom is -0.495 e. The molecule has 1 atom stereocenters. The number of anilines is 1. The number of hydrogen-bond acceptors (Lipinski definition) is 11. The Morgan fingerprint density at radius 3 is 2.48 bits per heavy atom. The van der Waals surface area contributed by atoms with Crippen LogP contribution in [0.4, 0.5) is 10.2 Å². The van der Waals surface area contributed by atoms with E-state index >= 15 is 4.39 Å². The summed E-state index contributed by atoms with van der Waals surface area (Å²) in [6.45, 7) is 9.99. The highest BCUT2D eigenvalue weighted by Crippen LogP contribution is 2.49. The van der Waals surface area contributed by atoms with Crippen LogP contribution in [0.2, 0.25) is 0 Å². The van der Waals surface area contributed by atoms with E-state index in [9.17, 15) is 10.1 Å². The number of aromatic nitrogens is 5. The van der Waals surface area contributed by atoms with E-state index in [4.69, 9.17) is 14.5 Å². The molecular weight excluding hydrogens is 778 g/mol. The first-order chi connectivity index (χ1) is 29.0. The molecule has 5 aromatic rings. The van der Waals surface area contributed by atoms with Crippen molar-refractivity contribution in [3.8, 4) is 22.6 Å². The van der Waals surface area contributed by atoms with Gasteiger partial charge in [-0.3, -0.25) is 14.4 Å². The van der Waals surface area contributed by atoms with Crippen molar-refractivity contribution in [2.24, 2.45) is 10.4 Å². The summed E-state index contributed by atoms with van der Waals surface area (Å²) < 4.78 is 29.8. The summed E-state index contributed by atoms with van der Waals surface area (Å²) in [6.07, 6.45) is 8.19. The van der Waals surface area contributed by atoms with E-state index in [0.29, 0.717) is 22.8 Å². The Balaban J connectivity index is 0.783. The van der Waals surface area contributed by atoms with E-state index in [2.05, 4.69) is 61.2 Å². The Labute approximate surface area is 353 Å². The molecule has 9 rings (SSSR count). The molecule has 0 radical (unpaired) electrons. The van der Waals surface area contributed by atoms with E-state index in [1.165, 1.54) is 12.0 Å². The third-order valence-electron chi connectivity index (χ3n) is 13.4. The number of ether oxygens (including phenoxy) is 2. The number of amides is 1. The lowest BCUT2D eigenvalue weighted by molar-refractivity contribution is 0.0888. The molecule has 2 saturated carbocycles. The van der Waals surface area contributed by atoms with Gasteiger partial charge < -0.3 is 19.7 Å². The molecule has 2 aromatic carbocycles. The smallest absolute Gasteiger partial charge is 0.272 e. The number of aryl methyl sites for hydroxylation is 2. The van der Waals surface area contributed by atoms with Gasteiger partial charge in [0.1, 0.15) is 40.3 Å². The number of halogens is 1. The number of aliphatic imine (C=N–C) groups is 1. The summed E-state index contributed by atoms with van der Waals surface area (Å²) in [5, 5.41) is 31.1. The van der Waals surface area contributed by atoms with Crippen LogP contribution in [0, 0.1) is 43.3 Å². The second-order valence-corrected chi connectivity index (χ2v) is 18.3. The van der Waals surface area contributed by atoms with Crippen LogP contribution < -0.4 is 19.7 Å². The molecule has 3 fully saturated rings. The third-order valence-corrected chi connectivity index (χ3v) is 14.6. The van der Waals surface area contributed by atoms with Crippen LogP contribution in [0.5, 0.6) is 11.5 Å². The second kappa shape index (κ2) is 16.1. The number of nitrogens with one attached hydrogen (secondary N) is 1. The van der Waals surface area contributed by atoms with E-state index < -0.39 is 0 Å². The maximum atomic E-state index is 16.2. The molecule has 2 aliphatic carbocycles. The van der Waals surface area contributed by atoms with Crippen molar-refractivity contribution in [2.45, 2.75) is 110 Å². The quantitative estimate of drug-likeness (QED) is 0.163. The number of nitrogens with zero attached hydrogens (tertiary/aromatic N) is 8. The lowest BCUT2D eigenvalue weighted by Gasteiger charge is -2.37. The standard InChI is InChI=1S/C46H50FN9O3S/c1-26-28(3)60-45-41(26)42(49-27(2)43-54-51-29(4)56(43)45)31-7-13-36(37(47)22-31)30-16-18-46(19-17-30)20-21-55(25-46)40-15-14-38(52-53-40)44(57)50-33-8-11-34(12-9-33)59-35-10-6-32(24-48)39(23-35)58-5/h6-7,10,13-15,22-23,27,30,33-34H,8-9,11-12,16-21,25H2,1-5H3,(H,50,57)/t27-,30?,33?,34?,46?/m0/s1. The molecule has 3 aromatic heterocycles. The molecule has 12 nitrogen and oxygen atoms in total. The molecule has 1 N–H and O–H groups in total. The molecule has 14 heteroatoms. The lowest BCUT2D eigenvalue weighted by atomic mass is 9.68. The molecule has 0 bridgehead atoms. The van der Waals surface area contributed by atoms with Crippen LogP contribution in [0.1, 0.15) is 132 Å². The normalized spacial score (nSPS) is 23.6. The van der Waals surface area contributed by atoms with E-state index in [-0.39, 0.29) is 41.2 Å². The first kappa shape index (κ1) is 39.8. The summed E-state index contributed by atoms with van der Waals surface area (Å²) in [5.41, 5.74) is 5.53. The number of fused-ring (bicyclic) bond motifs is 3. The Hall–Kier alpha value is -5.68. The van der Waals surface area contributed by atoms with E-state index in [1.54, 1.807) is 41.7 Å². The summed E-state index contributed by atoms with van der Waals surface area (Å²) >= 11 is 1.71. The maximum absolute atomic E-state index is 16.2. The largest absolute Gasteiger partial charge is 0.495 e. The molecule has 0 unspecified atom stereocenters. The Morgan fingerprint density at radius 1 is 0.967 bits per heavy atom. The Bertz CT molecular complexity index is 2510. The van der Waals surface area contributed by atoms with Gasteiger partial charge in [-0.15, -0.1) is 31.7 Å². The highest BCUT2D eigenvalue weighted by atomic mass is 32.1. The molecular formula is C46H50FN9O3S. The number of methoxy groups -OCH3 is 1. The lowest BCUT2D eigenvalue weighted by Crippen LogP contribution is -2.40. The fourth-order valence-electron chi connectivity index (χ4n) is 9.79. The first-order valence-electron chi connectivity index (χ1n) is 21.1. The summed E-state index contributed by atoms with van der Waals surface area (Å²) in [5.74, 6) is 3.37. The number of thiophene rings is 1. The highest BCUT2D eigenvalue weighted by Gasteiger charge is 2.42. The molecule has 1 spiro atoms. The van der Waals surface area contributed by atoms with Gasteiger partial charge in [-0.2, -0.15) is 5.26 Å². The highest BCUT2D eigenvalue weighted by molar-refractivity contribution is 7.15. The van der Waals surface area contributed by atoms with Gasteiger partial charge in [-0.25, -0.2) is 4.39 Å². The number of rotatable bonds is 8. The van der Waals surface area contributed by atoms with Gasteiger partial charge in [-0.1, -0.05) is 12.1 Å². The molecule has 310 valence electrons. The van der Waals surface area contributed by atoms with Crippen LogP contribution in [0.25, 0.3) is 5.00 Å². The van der Waals surface area contributed by atoms with Gasteiger partial charge in [-0.05, 0) is 138 Å². The predicted molar refractivity (Wildman–Crippen MR) is 228 cm³/mol. The predicted octanol–water partition coefficient (Wildman–Crippen LogP) is 8.65. The van der Waals surface area contributed by atoms with Gasteiger partial charge >= 0.3 is 0 Å². The van der Waals surface area contributed by atoms with Gasteiger partial charge in [0.25, 0.3) is 5.91 Å². The van der Waals surface area contributed by atoms with Crippen molar-refractivity contribution in [1.82, 2.24) is 30.3 Å². The van der Waals surface area contributed by atoms with Gasteiger partial charge in [0.05, 0.1) is 24.5 Å². The molecule has 1 amide bonds. The molecule has 5 heterocycles. The molecule has 2 aliphatic heterocycles. The number of benzene rings is 2. The topological polar surface area (TPSA) is 143 Å². The fourth-order valence-corrected chi connectivity index (χ4v) is 11.0. The molecule has 1 saturated heterocycles. The first-order valence-corrected chi connectivity index (χ1v) is 21.9. The number of carbonyl (C=O) groups excluding carboxylic acids is 1. The van der Waals surface area contributed by atoms with Gasteiger partial charge in [0.2, 0.25) is 0 Å². The van der Waals surface area contributed by atoms with Crippen molar-refractivity contribution < 1.29 is 18.7 Å². The third kappa shape index (κ3) is 7.42. The number of carbonyl (C=O) groups is 1. The van der Waals surface area contributed by atoms with Crippen LogP contribution in [-0.2, 0) is 0 Å². The Kier molecular flexibility index (Phi) is 10.6. The van der Waals surface area contributed by atoms with Crippen LogP contribution in [0.15, 0.2) is 53.5 Å². The monoisotopic (exact) mass is 827 g/mol. The van der Waals surface area contributed by atoms with Crippen LogP contribution in [-0.4, -0.2) is 68.9 Å². The van der Waals surface area contributed by atoms with Crippen LogP contribution >= 0.6 is 11.3 Å². The average Bonchev–Trinajstić information content (AvgIpc) is 3.92. The SMILES string of the molecule is COc1cc(OC2CCC(NC(=O)c3ccc(N4CCC5(CCC(c6ccc(C7=N[C@@H](C)c8nnc(C)n8-c8sc(C)c(C)c87)cc6F)CC5)C4)nn3)CC2)ccc1C#N. The number of nitriles is 1. The summed E-state index contributed by atoms with van der Waals surface area (Å²) in [4.78, 5) is 21.8. The van der Waals surface area contributed by atoms with Crippen LogP contribution in [0.3, 0.4) is 0 Å². The van der Waals surface area contributed by atoms with Crippen molar-refractivity contribution in [1.29, 1.82) is 5.26 Å². The minimum atomic E-state index is -0.218. The van der Waals surface area contributed by atoms with E-state index in [0.717, 1.165) is 121 Å². The number of hydrogen-bond donors (Lipinski definition) is 1. The zero-order valence-corrected chi connectivity index (χ0v) is 35.6. The second-order valence-electron chi connectivity index (χ2n) is 17.1. The fraction of sp³-hybridized carbons (Fsp3) is 0.457. The zero-order valence-electron chi connectivity index (χ0n) is 34.8. The summed E-state index contributed by atoms with van der Waals surface area (Å²) in [7, 11) is 1.54. The molecule has 4 aliphatic rings. The Morgan fingerprint density at radius 2 is 1.77 bits per heavy atom. The van der Waals surface area contributed by atoms with Gasteiger partial charge in [0, 0.05) is 41.2 Å². The van der Waals surface area contributed by atoms with Gasteiger partial charge in [0.15, 0.2) is 17.3 Å². The van der Waals surface area contributed by atoms with Crippen molar-refractivity contribution >= 4 is 28.8 Å². The van der Waals surface area contributed by atoms with E-state index in [1.807, 2.05) is 26.0 Å². The zero-order chi connectivity index (χ0) is 41.7.